The number of anilines is 2. The van der Waals surface area contributed by atoms with Crippen molar-refractivity contribution >= 4 is 51.1 Å². The number of carbonyl (C=O) groups excluding carboxylic acids is 2. The largest absolute Gasteiger partial charge is 0.350 e. The van der Waals surface area contributed by atoms with Gasteiger partial charge < -0.3 is 5.32 Å². The first-order chi connectivity index (χ1) is 15.9. The van der Waals surface area contributed by atoms with Crippen molar-refractivity contribution in [1.29, 1.82) is 0 Å². The summed E-state index contributed by atoms with van der Waals surface area (Å²) in [7, 11) is 0. The molecular weight excluding hydrogens is 439 g/mol. The lowest BCUT2D eigenvalue weighted by molar-refractivity contribution is -0.120. The summed E-state index contributed by atoms with van der Waals surface area (Å²) in [5, 5.41) is 5.31. The topological polar surface area (TPSA) is 49.4 Å². The molecule has 0 bridgehead atoms. The summed E-state index contributed by atoms with van der Waals surface area (Å²) in [6, 6.07) is 23.8. The van der Waals surface area contributed by atoms with Crippen molar-refractivity contribution in [3.63, 3.8) is 0 Å². The molecule has 2 amide bonds. The van der Waals surface area contributed by atoms with Crippen LogP contribution in [0.2, 0.25) is 5.02 Å². The van der Waals surface area contributed by atoms with Gasteiger partial charge in [-0.1, -0.05) is 66.2 Å². The normalized spacial score (nSPS) is 13.8. The Labute approximate surface area is 194 Å². The second kappa shape index (κ2) is 8.19. The number of halogens is 2. The van der Waals surface area contributed by atoms with Gasteiger partial charge in [0.2, 0.25) is 0 Å². The quantitative estimate of drug-likeness (QED) is 0.365. The molecule has 1 N–H and O–H groups in total. The molecule has 0 spiro atoms. The molecular formula is C27H18ClFN2O2. The third-order valence-electron chi connectivity index (χ3n) is 5.68. The lowest BCUT2D eigenvalue weighted by Gasteiger charge is -2.18. The van der Waals surface area contributed by atoms with Crippen LogP contribution in [0.5, 0.6) is 0 Å². The van der Waals surface area contributed by atoms with Crippen molar-refractivity contribution < 1.29 is 14.0 Å². The number of carbonyl (C=O) groups is 2. The van der Waals surface area contributed by atoms with Crippen molar-refractivity contribution in [2.24, 2.45) is 0 Å². The van der Waals surface area contributed by atoms with E-state index in [4.69, 9.17) is 11.6 Å². The summed E-state index contributed by atoms with van der Waals surface area (Å²) >= 11 is 6.17. The van der Waals surface area contributed by atoms with Gasteiger partial charge in [-0.25, -0.2) is 9.29 Å². The van der Waals surface area contributed by atoms with Crippen LogP contribution in [-0.2, 0) is 9.59 Å². The van der Waals surface area contributed by atoms with Gasteiger partial charge in [-0.3, -0.25) is 9.59 Å². The van der Waals surface area contributed by atoms with Crippen LogP contribution in [0.3, 0.4) is 0 Å². The highest BCUT2D eigenvalue weighted by Crippen LogP contribution is 2.37. The molecule has 0 aliphatic carbocycles. The number of benzene rings is 4. The number of rotatable bonds is 4. The van der Waals surface area contributed by atoms with E-state index in [0.29, 0.717) is 22.0 Å². The van der Waals surface area contributed by atoms with Crippen LogP contribution < -0.4 is 10.2 Å². The van der Waals surface area contributed by atoms with Crippen LogP contribution in [-0.4, -0.2) is 11.8 Å². The average molecular weight is 457 g/mol. The average Bonchev–Trinajstić information content (AvgIpc) is 3.05. The Hall–Kier alpha value is -3.96. The van der Waals surface area contributed by atoms with Gasteiger partial charge in [0.25, 0.3) is 11.8 Å². The number of nitrogens with zero attached hydrogens (tertiary/aromatic N) is 1. The Morgan fingerprint density at radius 2 is 1.58 bits per heavy atom. The predicted octanol–water partition coefficient (Wildman–Crippen LogP) is 6.34. The molecule has 6 heteroatoms. The van der Waals surface area contributed by atoms with Gasteiger partial charge in [-0.2, -0.15) is 0 Å². The second-order valence-electron chi connectivity index (χ2n) is 7.79. The Morgan fingerprint density at radius 3 is 2.36 bits per heavy atom. The van der Waals surface area contributed by atoms with E-state index in [2.05, 4.69) is 5.32 Å². The number of imide groups is 1. The molecule has 1 heterocycles. The Kier molecular flexibility index (Phi) is 5.19. The van der Waals surface area contributed by atoms with E-state index >= 15 is 0 Å². The molecule has 1 aliphatic rings. The molecule has 0 unspecified atom stereocenters. The highest BCUT2D eigenvalue weighted by molar-refractivity contribution is 6.47. The molecule has 4 aromatic rings. The van der Waals surface area contributed by atoms with E-state index < -0.39 is 17.6 Å². The zero-order valence-electron chi connectivity index (χ0n) is 17.6. The van der Waals surface area contributed by atoms with Gasteiger partial charge in [0.1, 0.15) is 11.5 Å². The third kappa shape index (κ3) is 3.66. The molecule has 0 saturated carbocycles. The van der Waals surface area contributed by atoms with E-state index in [-0.39, 0.29) is 11.3 Å². The van der Waals surface area contributed by atoms with Crippen molar-refractivity contribution in [1.82, 2.24) is 0 Å². The summed E-state index contributed by atoms with van der Waals surface area (Å²) in [5.74, 6) is -1.40. The highest BCUT2D eigenvalue weighted by Gasteiger charge is 2.41. The van der Waals surface area contributed by atoms with E-state index in [1.54, 1.807) is 18.2 Å². The summed E-state index contributed by atoms with van der Waals surface area (Å²) in [4.78, 5) is 28.5. The zero-order chi connectivity index (χ0) is 23.1. The maximum atomic E-state index is 13.7. The fourth-order valence-electron chi connectivity index (χ4n) is 4.02. The molecule has 4 aromatic carbocycles. The monoisotopic (exact) mass is 456 g/mol. The molecule has 4 nitrogen and oxygen atoms in total. The molecule has 33 heavy (non-hydrogen) atoms. The summed E-state index contributed by atoms with van der Waals surface area (Å²) in [5.41, 5.74) is 2.69. The minimum Gasteiger partial charge on any atom is -0.350 e. The molecule has 0 aromatic heterocycles. The molecule has 0 radical (unpaired) electrons. The van der Waals surface area contributed by atoms with Crippen LogP contribution in [0.1, 0.15) is 11.1 Å². The molecule has 0 atom stereocenters. The first-order valence-electron chi connectivity index (χ1n) is 10.3. The molecule has 1 aliphatic heterocycles. The maximum absolute atomic E-state index is 13.7. The Bertz CT molecular complexity index is 1460. The maximum Gasteiger partial charge on any atom is 0.282 e. The molecule has 0 fully saturated rings. The lowest BCUT2D eigenvalue weighted by atomic mass is 10.0. The molecule has 162 valence electrons. The lowest BCUT2D eigenvalue weighted by Crippen LogP contribution is -2.32. The van der Waals surface area contributed by atoms with Crippen LogP contribution in [0, 0.1) is 12.7 Å². The fraction of sp³-hybridized carbons (Fsp3) is 0.0370. The summed E-state index contributed by atoms with van der Waals surface area (Å²) < 4.78 is 13.6. The van der Waals surface area contributed by atoms with Gasteiger partial charge >= 0.3 is 0 Å². The third-order valence-corrected chi connectivity index (χ3v) is 5.92. The SMILES string of the molecule is Cc1ccc(Cl)cc1NC1=C(c2ccc(F)cc2)C(=O)N(c2cccc3ccccc23)C1=O. The first-order valence-corrected chi connectivity index (χ1v) is 10.7. The van der Waals surface area contributed by atoms with Gasteiger partial charge in [0.05, 0.1) is 11.3 Å². The predicted molar refractivity (Wildman–Crippen MR) is 130 cm³/mol. The van der Waals surface area contributed by atoms with Gasteiger partial charge in [-0.05, 0) is 53.8 Å². The fourth-order valence-corrected chi connectivity index (χ4v) is 4.19. The minimum absolute atomic E-state index is 0.116. The number of fused-ring (bicyclic) bond motifs is 1. The van der Waals surface area contributed by atoms with Crippen LogP contribution in [0.15, 0.2) is 90.6 Å². The number of hydrogen-bond donors (Lipinski definition) is 1. The van der Waals surface area contributed by atoms with E-state index in [0.717, 1.165) is 16.3 Å². The number of nitrogens with one attached hydrogen (secondary N) is 1. The van der Waals surface area contributed by atoms with Crippen molar-refractivity contribution in [2.45, 2.75) is 6.92 Å². The number of hydrogen-bond acceptors (Lipinski definition) is 3. The number of aryl methyl sites for hydroxylation is 1. The van der Waals surface area contributed by atoms with Crippen LogP contribution >= 0.6 is 11.6 Å². The summed E-state index contributed by atoms with van der Waals surface area (Å²) in [6.07, 6.45) is 0. The van der Waals surface area contributed by atoms with Crippen molar-refractivity contribution in [2.75, 3.05) is 10.2 Å². The van der Waals surface area contributed by atoms with Crippen LogP contribution in [0.4, 0.5) is 15.8 Å². The van der Waals surface area contributed by atoms with Crippen molar-refractivity contribution in [3.8, 4) is 0 Å². The van der Waals surface area contributed by atoms with E-state index in [1.165, 1.54) is 29.2 Å². The summed E-state index contributed by atoms with van der Waals surface area (Å²) in [6.45, 7) is 1.88. The minimum atomic E-state index is -0.491. The van der Waals surface area contributed by atoms with Crippen molar-refractivity contribution in [3.05, 3.63) is 113 Å². The van der Waals surface area contributed by atoms with Gasteiger partial charge in [-0.15, -0.1) is 0 Å². The standard InChI is InChI=1S/C27H18ClFN2O2/c1-16-9-12-19(28)15-22(16)30-25-24(18-10-13-20(29)14-11-18)26(32)31(27(25)33)23-8-4-6-17-5-2-3-7-21(17)23/h2-15,30H,1H3. The smallest absolute Gasteiger partial charge is 0.282 e. The zero-order valence-corrected chi connectivity index (χ0v) is 18.4. The van der Waals surface area contributed by atoms with Gasteiger partial charge in [0, 0.05) is 16.1 Å². The second-order valence-corrected chi connectivity index (χ2v) is 8.22. The number of amides is 2. The van der Waals surface area contributed by atoms with E-state index in [9.17, 15) is 14.0 Å². The van der Waals surface area contributed by atoms with Crippen LogP contribution in [0.25, 0.3) is 16.3 Å². The molecule has 5 rings (SSSR count). The van der Waals surface area contributed by atoms with E-state index in [1.807, 2.05) is 49.4 Å². The highest BCUT2D eigenvalue weighted by atomic mass is 35.5. The van der Waals surface area contributed by atoms with Gasteiger partial charge in [0.15, 0.2) is 0 Å². The Morgan fingerprint density at radius 1 is 0.848 bits per heavy atom. The first kappa shape index (κ1) is 20.9. The Balaban J connectivity index is 1.68. The molecule has 0 saturated heterocycles.